The standard InChI is InChI=1S/C24H33N5O2/c1-25-24(26-14-13-18-7-6-8-20(15-18)23(30)29(2)3)28-17-19-11-12-22(27-16-19)31-21-9-4-5-10-21/h6-8,11-12,15-16,21H,4-5,9-10,13-14,17H2,1-3H3,(H2,25,26,28). The quantitative estimate of drug-likeness (QED) is 0.504. The summed E-state index contributed by atoms with van der Waals surface area (Å²) >= 11 is 0. The minimum Gasteiger partial charge on any atom is -0.474 e. The summed E-state index contributed by atoms with van der Waals surface area (Å²) in [4.78, 5) is 22.4. The fourth-order valence-corrected chi connectivity index (χ4v) is 3.61. The van der Waals surface area contributed by atoms with Gasteiger partial charge in [0.2, 0.25) is 5.88 Å². The number of amides is 1. The molecule has 1 aliphatic carbocycles. The first-order valence-electron chi connectivity index (χ1n) is 10.9. The van der Waals surface area contributed by atoms with Crippen molar-refractivity contribution >= 4 is 11.9 Å². The van der Waals surface area contributed by atoms with Crippen LogP contribution < -0.4 is 15.4 Å². The van der Waals surface area contributed by atoms with Gasteiger partial charge in [0.05, 0.1) is 0 Å². The van der Waals surface area contributed by atoms with Crippen molar-refractivity contribution < 1.29 is 9.53 Å². The second-order valence-electron chi connectivity index (χ2n) is 8.03. The highest BCUT2D eigenvalue weighted by molar-refractivity contribution is 5.94. The van der Waals surface area contributed by atoms with Crippen LogP contribution in [-0.4, -0.2) is 55.5 Å². The molecule has 0 unspecified atom stereocenters. The van der Waals surface area contributed by atoms with E-state index >= 15 is 0 Å². The Morgan fingerprint density at radius 1 is 1.16 bits per heavy atom. The number of carbonyl (C=O) groups is 1. The van der Waals surface area contributed by atoms with Crippen LogP contribution in [0.2, 0.25) is 0 Å². The minimum absolute atomic E-state index is 0.0144. The lowest BCUT2D eigenvalue weighted by molar-refractivity contribution is 0.0827. The molecule has 2 N–H and O–H groups in total. The number of rotatable bonds is 8. The van der Waals surface area contributed by atoms with E-state index in [1.165, 1.54) is 12.8 Å². The maximum atomic E-state index is 12.1. The van der Waals surface area contributed by atoms with Gasteiger partial charge in [-0.15, -0.1) is 0 Å². The number of ether oxygens (including phenoxy) is 1. The average molecular weight is 424 g/mol. The van der Waals surface area contributed by atoms with Gasteiger partial charge >= 0.3 is 0 Å². The van der Waals surface area contributed by atoms with Crippen LogP contribution in [0.1, 0.15) is 47.2 Å². The van der Waals surface area contributed by atoms with Crippen molar-refractivity contribution in [2.75, 3.05) is 27.7 Å². The summed E-state index contributed by atoms with van der Waals surface area (Å²) in [5.74, 6) is 1.44. The molecule has 0 saturated heterocycles. The number of aliphatic imine (C=N–C) groups is 1. The third-order valence-corrected chi connectivity index (χ3v) is 5.36. The van der Waals surface area contributed by atoms with Crippen molar-refractivity contribution in [1.82, 2.24) is 20.5 Å². The Hall–Kier alpha value is -3.09. The van der Waals surface area contributed by atoms with E-state index in [4.69, 9.17) is 4.74 Å². The van der Waals surface area contributed by atoms with Gasteiger partial charge in [-0.25, -0.2) is 4.98 Å². The van der Waals surface area contributed by atoms with Crippen LogP contribution in [0.5, 0.6) is 5.88 Å². The van der Waals surface area contributed by atoms with Gasteiger partial charge in [-0.2, -0.15) is 0 Å². The van der Waals surface area contributed by atoms with Gasteiger partial charge < -0.3 is 20.3 Å². The number of nitrogens with zero attached hydrogens (tertiary/aromatic N) is 3. The third-order valence-electron chi connectivity index (χ3n) is 5.36. The van der Waals surface area contributed by atoms with Crippen molar-refractivity contribution in [2.24, 2.45) is 4.99 Å². The van der Waals surface area contributed by atoms with E-state index in [1.807, 2.05) is 42.6 Å². The topological polar surface area (TPSA) is 78.9 Å². The molecule has 1 aliphatic rings. The van der Waals surface area contributed by atoms with Crippen LogP contribution in [0.25, 0.3) is 0 Å². The second-order valence-corrected chi connectivity index (χ2v) is 8.03. The normalized spacial score (nSPS) is 14.4. The number of hydrogen-bond acceptors (Lipinski definition) is 4. The zero-order valence-corrected chi connectivity index (χ0v) is 18.7. The first-order chi connectivity index (χ1) is 15.0. The molecule has 1 saturated carbocycles. The predicted molar refractivity (Wildman–Crippen MR) is 123 cm³/mol. The Morgan fingerprint density at radius 3 is 2.65 bits per heavy atom. The first kappa shape index (κ1) is 22.6. The molecule has 7 nitrogen and oxygen atoms in total. The van der Waals surface area contributed by atoms with Crippen molar-refractivity contribution in [2.45, 2.75) is 44.8 Å². The molecular formula is C24H33N5O2. The van der Waals surface area contributed by atoms with Crippen LogP contribution in [0, 0.1) is 0 Å². The van der Waals surface area contributed by atoms with Gasteiger partial charge in [0, 0.05) is 52.1 Å². The molecule has 7 heteroatoms. The Bertz CT molecular complexity index is 874. The van der Waals surface area contributed by atoms with Gasteiger partial charge in [0.15, 0.2) is 5.96 Å². The maximum absolute atomic E-state index is 12.1. The SMILES string of the molecule is CN=C(NCCc1cccc(C(=O)N(C)C)c1)NCc1ccc(OC2CCCC2)nc1. The predicted octanol–water partition coefficient (Wildman–Crippen LogP) is 3.01. The average Bonchev–Trinajstić information content (AvgIpc) is 3.29. The number of guanidine groups is 1. The number of carbonyl (C=O) groups excluding carboxylic acids is 1. The van der Waals surface area contributed by atoms with Crippen LogP contribution in [0.4, 0.5) is 0 Å². The fourth-order valence-electron chi connectivity index (χ4n) is 3.61. The van der Waals surface area contributed by atoms with Gasteiger partial charge in [-0.1, -0.05) is 18.2 Å². The van der Waals surface area contributed by atoms with Gasteiger partial charge in [-0.05, 0) is 55.4 Å². The summed E-state index contributed by atoms with van der Waals surface area (Å²) < 4.78 is 5.92. The second kappa shape index (κ2) is 11.3. The van der Waals surface area contributed by atoms with E-state index in [9.17, 15) is 4.79 Å². The monoisotopic (exact) mass is 423 g/mol. The lowest BCUT2D eigenvalue weighted by atomic mass is 10.1. The molecule has 1 amide bonds. The molecule has 166 valence electrons. The molecular weight excluding hydrogens is 390 g/mol. The molecule has 1 heterocycles. The Morgan fingerprint density at radius 2 is 1.97 bits per heavy atom. The van der Waals surface area contributed by atoms with Crippen molar-refractivity contribution in [3.63, 3.8) is 0 Å². The summed E-state index contributed by atoms with van der Waals surface area (Å²) in [6.45, 7) is 1.34. The highest BCUT2D eigenvalue weighted by Crippen LogP contribution is 2.22. The first-order valence-corrected chi connectivity index (χ1v) is 10.9. The molecule has 31 heavy (non-hydrogen) atoms. The Labute approximate surface area is 184 Å². The lowest BCUT2D eigenvalue weighted by Crippen LogP contribution is -2.37. The minimum atomic E-state index is 0.0144. The molecule has 1 aromatic heterocycles. The summed E-state index contributed by atoms with van der Waals surface area (Å²) in [5, 5.41) is 6.62. The molecule has 1 fully saturated rings. The third kappa shape index (κ3) is 6.98. The van der Waals surface area contributed by atoms with E-state index in [1.54, 1.807) is 26.0 Å². The molecule has 3 rings (SSSR count). The number of nitrogens with one attached hydrogen (secondary N) is 2. The number of benzene rings is 1. The van der Waals surface area contributed by atoms with Crippen molar-refractivity contribution in [1.29, 1.82) is 0 Å². The maximum Gasteiger partial charge on any atom is 0.253 e. The van der Waals surface area contributed by atoms with E-state index in [2.05, 4.69) is 20.6 Å². The van der Waals surface area contributed by atoms with E-state index in [-0.39, 0.29) is 5.91 Å². The number of aromatic nitrogens is 1. The molecule has 0 radical (unpaired) electrons. The summed E-state index contributed by atoms with van der Waals surface area (Å²) in [6.07, 6.45) is 7.71. The summed E-state index contributed by atoms with van der Waals surface area (Å²) in [6, 6.07) is 11.7. The van der Waals surface area contributed by atoms with Crippen LogP contribution >= 0.6 is 0 Å². The molecule has 0 aliphatic heterocycles. The van der Waals surface area contributed by atoms with E-state index in [0.29, 0.717) is 30.6 Å². The lowest BCUT2D eigenvalue weighted by Gasteiger charge is -2.14. The van der Waals surface area contributed by atoms with Crippen LogP contribution in [0.15, 0.2) is 47.6 Å². The van der Waals surface area contributed by atoms with Crippen LogP contribution in [0.3, 0.4) is 0 Å². The zero-order chi connectivity index (χ0) is 22.1. The smallest absolute Gasteiger partial charge is 0.253 e. The van der Waals surface area contributed by atoms with E-state index < -0.39 is 0 Å². The molecule has 1 aromatic carbocycles. The van der Waals surface area contributed by atoms with Crippen molar-refractivity contribution in [3.05, 3.63) is 59.3 Å². The fraction of sp³-hybridized carbons (Fsp3) is 0.458. The number of hydrogen-bond donors (Lipinski definition) is 2. The molecule has 0 bridgehead atoms. The molecule has 0 spiro atoms. The highest BCUT2D eigenvalue weighted by atomic mass is 16.5. The Kier molecular flexibility index (Phi) is 8.27. The van der Waals surface area contributed by atoms with Crippen molar-refractivity contribution in [3.8, 4) is 5.88 Å². The zero-order valence-electron chi connectivity index (χ0n) is 18.7. The summed E-state index contributed by atoms with van der Waals surface area (Å²) in [7, 11) is 5.28. The highest BCUT2D eigenvalue weighted by Gasteiger charge is 2.16. The van der Waals surface area contributed by atoms with Crippen LogP contribution in [-0.2, 0) is 13.0 Å². The molecule has 2 aromatic rings. The molecule has 0 atom stereocenters. The van der Waals surface area contributed by atoms with Gasteiger partial charge in [-0.3, -0.25) is 9.79 Å². The van der Waals surface area contributed by atoms with Gasteiger partial charge in [0.25, 0.3) is 5.91 Å². The summed E-state index contributed by atoms with van der Waals surface area (Å²) in [5.41, 5.74) is 2.88. The largest absolute Gasteiger partial charge is 0.474 e. The van der Waals surface area contributed by atoms with Gasteiger partial charge in [0.1, 0.15) is 6.10 Å². The number of pyridine rings is 1. The van der Waals surface area contributed by atoms with E-state index in [0.717, 1.165) is 36.3 Å². The Balaban J connectivity index is 1.42.